The number of hydrogen-bond donors (Lipinski definition) is 3. The van der Waals surface area contributed by atoms with Crippen LogP contribution in [0.4, 0.5) is 0 Å². The molecule has 1 aromatic carbocycles. The van der Waals surface area contributed by atoms with E-state index >= 15 is 0 Å². The van der Waals surface area contributed by atoms with E-state index in [1.807, 2.05) is 0 Å². The average molecular weight is 279 g/mol. The lowest BCUT2D eigenvalue weighted by atomic mass is 9.87. The lowest BCUT2D eigenvalue weighted by Crippen LogP contribution is -2.57. The molecule has 1 unspecified atom stereocenters. The number of carbonyl (C=O) groups excluding carboxylic acids is 1. The molecule has 6 nitrogen and oxygen atoms in total. The summed E-state index contributed by atoms with van der Waals surface area (Å²) in [5.41, 5.74) is -1.27. The molecule has 0 aliphatic carbocycles. The van der Waals surface area contributed by atoms with Gasteiger partial charge in [-0.1, -0.05) is 0 Å². The molecule has 6 heteroatoms. The highest BCUT2D eigenvalue weighted by atomic mass is 16.4. The van der Waals surface area contributed by atoms with Crippen LogP contribution in [0.15, 0.2) is 18.2 Å². The summed E-state index contributed by atoms with van der Waals surface area (Å²) in [6, 6.07) is 3.65. The number of nitrogens with zero attached hydrogens (tertiary/aromatic N) is 1. The number of carbonyl (C=O) groups is 2. The first-order valence-corrected chi connectivity index (χ1v) is 6.43. The highest BCUT2D eigenvalue weighted by Crippen LogP contribution is 2.32. The number of carboxylic acid groups (broad SMARTS) is 1. The van der Waals surface area contributed by atoms with Crippen LogP contribution >= 0.6 is 0 Å². The summed E-state index contributed by atoms with van der Waals surface area (Å²) in [6.45, 7) is 1.85. The number of aromatic hydroxyl groups is 2. The Labute approximate surface area is 116 Å². The van der Waals surface area contributed by atoms with Crippen LogP contribution in [-0.4, -0.2) is 44.2 Å². The van der Waals surface area contributed by atoms with Gasteiger partial charge in [-0.15, -0.1) is 0 Å². The van der Waals surface area contributed by atoms with Crippen LogP contribution in [0.5, 0.6) is 11.5 Å². The Morgan fingerprint density at radius 2 is 1.95 bits per heavy atom. The molecule has 108 valence electrons. The first kappa shape index (κ1) is 14.2. The number of aliphatic carboxylic acids is 1. The monoisotopic (exact) mass is 279 g/mol. The lowest BCUT2D eigenvalue weighted by molar-refractivity contribution is -0.150. The first-order chi connectivity index (χ1) is 9.36. The van der Waals surface area contributed by atoms with Gasteiger partial charge in [0.2, 0.25) is 0 Å². The van der Waals surface area contributed by atoms with E-state index in [1.165, 1.54) is 24.0 Å². The quantitative estimate of drug-likeness (QED) is 0.763. The van der Waals surface area contributed by atoms with E-state index in [2.05, 4.69) is 0 Å². The van der Waals surface area contributed by atoms with Crippen LogP contribution in [0, 0.1) is 0 Å². The average Bonchev–Trinajstić information content (AvgIpc) is 2.38. The number of carboxylic acids is 1. The molecule has 0 saturated carbocycles. The second-order valence-electron chi connectivity index (χ2n) is 5.19. The minimum Gasteiger partial charge on any atom is -0.508 e. The molecule has 3 N–H and O–H groups in total. The van der Waals surface area contributed by atoms with Gasteiger partial charge in [0.25, 0.3) is 5.91 Å². The molecule has 1 fully saturated rings. The van der Waals surface area contributed by atoms with Crippen LogP contribution in [0.2, 0.25) is 0 Å². The molecular weight excluding hydrogens is 262 g/mol. The topological polar surface area (TPSA) is 98.1 Å². The fourth-order valence-electron chi connectivity index (χ4n) is 2.52. The molecule has 1 atom stereocenters. The summed E-state index contributed by atoms with van der Waals surface area (Å²) >= 11 is 0. The third-order valence-corrected chi connectivity index (χ3v) is 3.81. The lowest BCUT2D eigenvalue weighted by Gasteiger charge is -2.41. The zero-order valence-corrected chi connectivity index (χ0v) is 11.2. The highest BCUT2D eigenvalue weighted by molar-refractivity contribution is 6.00. The molecule has 0 radical (unpaired) electrons. The fraction of sp³-hybridized carbons (Fsp3) is 0.429. The van der Waals surface area contributed by atoms with E-state index in [0.29, 0.717) is 13.0 Å². The number of amides is 1. The van der Waals surface area contributed by atoms with Crippen molar-refractivity contribution in [3.8, 4) is 11.5 Å². The molecule has 1 aliphatic heterocycles. The van der Waals surface area contributed by atoms with Gasteiger partial charge >= 0.3 is 5.97 Å². The predicted octanol–water partition coefficient (Wildman–Crippen LogP) is 1.57. The van der Waals surface area contributed by atoms with Gasteiger partial charge in [-0.2, -0.15) is 0 Å². The summed E-state index contributed by atoms with van der Waals surface area (Å²) in [4.78, 5) is 25.2. The molecular formula is C14H17NO5. The van der Waals surface area contributed by atoms with Gasteiger partial charge in [0, 0.05) is 12.6 Å². The van der Waals surface area contributed by atoms with E-state index in [4.69, 9.17) is 0 Å². The van der Waals surface area contributed by atoms with Gasteiger partial charge in [-0.3, -0.25) is 4.79 Å². The smallest absolute Gasteiger partial charge is 0.329 e. The Kier molecular flexibility index (Phi) is 3.57. The van der Waals surface area contributed by atoms with E-state index in [-0.39, 0.29) is 17.1 Å². The largest absolute Gasteiger partial charge is 0.508 e. The van der Waals surface area contributed by atoms with Gasteiger partial charge in [0.1, 0.15) is 17.0 Å². The Balaban J connectivity index is 2.37. The number of piperidine rings is 1. The number of hydrogen-bond acceptors (Lipinski definition) is 4. The van der Waals surface area contributed by atoms with Crippen molar-refractivity contribution in [3.05, 3.63) is 23.8 Å². The van der Waals surface area contributed by atoms with Crippen LogP contribution in [0.3, 0.4) is 0 Å². The maximum absolute atomic E-state index is 12.5. The Hall–Kier alpha value is -2.24. The minimum atomic E-state index is -1.26. The SMILES string of the molecule is CC1(C(=O)O)CCCCN1C(=O)c1ccc(O)cc1O. The van der Waals surface area contributed by atoms with Crippen molar-refractivity contribution in [2.24, 2.45) is 0 Å². The first-order valence-electron chi connectivity index (χ1n) is 6.43. The Bertz CT molecular complexity index is 556. The molecule has 20 heavy (non-hydrogen) atoms. The Morgan fingerprint density at radius 1 is 1.25 bits per heavy atom. The zero-order chi connectivity index (χ0) is 14.9. The van der Waals surface area contributed by atoms with Gasteiger partial charge in [-0.25, -0.2) is 4.79 Å². The standard InChI is InChI=1S/C14H17NO5/c1-14(13(19)20)6-2-3-7-15(14)12(18)10-5-4-9(16)8-11(10)17/h4-5,8,16-17H,2-3,6-7H2,1H3,(H,19,20). The van der Waals surface area contributed by atoms with Gasteiger partial charge in [-0.05, 0) is 38.3 Å². The number of phenolic OH excluding ortho intramolecular Hbond substituents is 2. The van der Waals surface area contributed by atoms with Gasteiger partial charge < -0.3 is 20.2 Å². The van der Waals surface area contributed by atoms with E-state index in [0.717, 1.165) is 18.9 Å². The van der Waals surface area contributed by atoms with Crippen molar-refractivity contribution in [2.75, 3.05) is 6.54 Å². The van der Waals surface area contributed by atoms with Crippen molar-refractivity contribution >= 4 is 11.9 Å². The summed E-state index contributed by atoms with van der Waals surface area (Å²) in [6.07, 6.45) is 1.86. The molecule has 1 amide bonds. The number of phenols is 2. The van der Waals surface area contributed by atoms with Gasteiger partial charge in [0.15, 0.2) is 0 Å². The second kappa shape index (κ2) is 5.03. The number of likely N-dealkylation sites (tertiary alicyclic amines) is 1. The van der Waals surface area contributed by atoms with Crippen molar-refractivity contribution in [1.29, 1.82) is 0 Å². The number of benzene rings is 1. The van der Waals surface area contributed by atoms with Crippen molar-refractivity contribution in [2.45, 2.75) is 31.7 Å². The summed E-state index contributed by atoms with van der Waals surface area (Å²) < 4.78 is 0. The van der Waals surface area contributed by atoms with Crippen molar-refractivity contribution in [3.63, 3.8) is 0 Å². The molecule has 0 spiro atoms. The van der Waals surface area contributed by atoms with Crippen LogP contribution in [-0.2, 0) is 4.79 Å². The minimum absolute atomic E-state index is 0.00262. The van der Waals surface area contributed by atoms with Gasteiger partial charge in [0.05, 0.1) is 5.56 Å². The van der Waals surface area contributed by atoms with Crippen molar-refractivity contribution < 1.29 is 24.9 Å². The molecule has 1 aromatic rings. The van der Waals surface area contributed by atoms with Crippen molar-refractivity contribution in [1.82, 2.24) is 4.90 Å². The third-order valence-electron chi connectivity index (χ3n) is 3.81. The molecule has 2 rings (SSSR count). The molecule has 0 bridgehead atoms. The van der Waals surface area contributed by atoms with E-state index in [1.54, 1.807) is 0 Å². The Morgan fingerprint density at radius 3 is 2.55 bits per heavy atom. The molecule has 1 saturated heterocycles. The second-order valence-corrected chi connectivity index (χ2v) is 5.19. The molecule has 1 aliphatic rings. The fourth-order valence-corrected chi connectivity index (χ4v) is 2.52. The van der Waals surface area contributed by atoms with Crippen LogP contribution < -0.4 is 0 Å². The van der Waals surface area contributed by atoms with Crippen LogP contribution in [0.1, 0.15) is 36.5 Å². The predicted molar refractivity (Wildman–Crippen MR) is 70.7 cm³/mol. The maximum atomic E-state index is 12.5. The van der Waals surface area contributed by atoms with Crippen LogP contribution in [0.25, 0.3) is 0 Å². The maximum Gasteiger partial charge on any atom is 0.329 e. The molecule has 0 aromatic heterocycles. The normalized spacial score (nSPS) is 22.6. The number of rotatable bonds is 2. The van der Waals surface area contributed by atoms with E-state index < -0.39 is 17.4 Å². The highest BCUT2D eigenvalue weighted by Gasteiger charge is 2.44. The summed E-state index contributed by atoms with van der Waals surface area (Å²) in [5, 5.41) is 28.4. The summed E-state index contributed by atoms with van der Waals surface area (Å²) in [5.74, 6) is -2.09. The third kappa shape index (κ3) is 2.29. The zero-order valence-electron chi connectivity index (χ0n) is 11.2. The molecule has 1 heterocycles. The van der Waals surface area contributed by atoms with E-state index in [9.17, 15) is 24.9 Å². The summed E-state index contributed by atoms with van der Waals surface area (Å²) in [7, 11) is 0.